The molecule has 2 heterocycles. The number of rotatable bonds is 1. The van der Waals surface area contributed by atoms with E-state index in [-0.39, 0.29) is 0 Å². The van der Waals surface area contributed by atoms with Crippen LogP contribution in [0.25, 0.3) is 5.78 Å². The van der Waals surface area contributed by atoms with Crippen LogP contribution in [0, 0.1) is 0 Å². The molecule has 0 unspecified atom stereocenters. The second kappa shape index (κ2) is 2.48. The van der Waals surface area contributed by atoms with E-state index in [2.05, 4.69) is 15.1 Å². The first kappa shape index (κ1) is 8.10. The van der Waals surface area contributed by atoms with Gasteiger partial charge < -0.3 is 0 Å². The largest absolute Gasteiger partial charge is 0.250 e. The number of hydrogen-bond acceptors (Lipinski definition) is 3. The lowest BCUT2D eigenvalue weighted by Crippen LogP contribution is -2.14. The Bertz CT molecular complexity index is 429. The van der Waals surface area contributed by atoms with Crippen LogP contribution in [-0.4, -0.2) is 19.6 Å². The Morgan fingerprint density at radius 3 is 2.85 bits per heavy atom. The fourth-order valence-corrected chi connectivity index (χ4v) is 0.993. The van der Waals surface area contributed by atoms with Gasteiger partial charge in [0.2, 0.25) is 0 Å². The fourth-order valence-electron chi connectivity index (χ4n) is 0.993. The maximum atomic E-state index is 13.4. The van der Waals surface area contributed by atoms with Gasteiger partial charge in [0.1, 0.15) is 5.69 Å². The average molecular weight is 180 g/mol. The minimum Gasteiger partial charge on any atom is -0.237 e. The Labute approximate surface area is 74.4 Å². The molecular weight excluding hydrogens is 171 g/mol. The Hall–Kier alpha value is -1.52. The van der Waals surface area contributed by atoms with Gasteiger partial charge in [0.15, 0.2) is 5.67 Å². The standard InChI is InChI=1S/C8H9FN4/c1-8(2,9)6-5-11-7-10-3-4-13(7)12-6/h3-5H,1-2H3. The van der Waals surface area contributed by atoms with Crippen LogP contribution in [0.3, 0.4) is 0 Å². The van der Waals surface area contributed by atoms with E-state index in [1.54, 1.807) is 12.4 Å². The average Bonchev–Trinajstić information content (AvgIpc) is 2.47. The van der Waals surface area contributed by atoms with E-state index in [1.165, 1.54) is 24.6 Å². The normalized spacial score (nSPS) is 12.2. The van der Waals surface area contributed by atoms with Crippen molar-refractivity contribution in [2.45, 2.75) is 19.5 Å². The van der Waals surface area contributed by atoms with E-state index in [9.17, 15) is 4.39 Å². The number of alkyl halides is 1. The van der Waals surface area contributed by atoms with Gasteiger partial charge in [-0.2, -0.15) is 5.10 Å². The third kappa shape index (κ3) is 1.37. The summed E-state index contributed by atoms with van der Waals surface area (Å²) in [6.07, 6.45) is 4.62. The molecule has 0 saturated heterocycles. The molecule has 13 heavy (non-hydrogen) atoms. The highest BCUT2D eigenvalue weighted by atomic mass is 19.1. The van der Waals surface area contributed by atoms with Crippen LogP contribution in [0.15, 0.2) is 18.6 Å². The third-order valence-electron chi connectivity index (χ3n) is 1.73. The van der Waals surface area contributed by atoms with E-state index >= 15 is 0 Å². The summed E-state index contributed by atoms with van der Waals surface area (Å²) in [6, 6.07) is 0. The Kier molecular flexibility index (Phi) is 1.55. The number of imidazole rings is 1. The predicted molar refractivity (Wildman–Crippen MR) is 44.9 cm³/mol. The first-order valence-corrected chi connectivity index (χ1v) is 3.93. The van der Waals surface area contributed by atoms with Gasteiger partial charge in [-0.3, -0.25) is 0 Å². The van der Waals surface area contributed by atoms with E-state index in [0.29, 0.717) is 11.5 Å². The smallest absolute Gasteiger partial charge is 0.237 e. The lowest BCUT2D eigenvalue weighted by molar-refractivity contribution is 0.211. The van der Waals surface area contributed by atoms with Crippen LogP contribution in [-0.2, 0) is 5.67 Å². The molecule has 5 heteroatoms. The van der Waals surface area contributed by atoms with Crippen LogP contribution in [0.5, 0.6) is 0 Å². The maximum absolute atomic E-state index is 13.4. The van der Waals surface area contributed by atoms with Gasteiger partial charge in [0.05, 0.1) is 12.4 Å². The van der Waals surface area contributed by atoms with Gasteiger partial charge in [0, 0.05) is 6.20 Å². The van der Waals surface area contributed by atoms with Crippen molar-refractivity contribution in [3.63, 3.8) is 0 Å². The SMILES string of the molecule is CC(C)(F)c1cnc2nccn2n1. The summed E-state index contributed by atoms with van der Waals surface area (Å²) in [5.74, 6) is 0.480. The molecule has 2 rings (SSSR count). The molecule has 0 aliphatic heterocycles. The summed E-state index contributed by atoms with van der Waals surface area (Å²) in [7, 11) is 0. The maximum Gasteiger partial charge on any atom is 0.250 e. The van der Waals surface area contributed by atoms with Gasteiger partial charge >= 0.3 is 0 Å². The molecule has 2 aromatic heterocycles. The van der Waals surface area contributed by atoms with Crippen molar-refractivity contribution in [1.29, 1.82) is 0 Å². The minimum absolute atomic E-state index is 0.304. The van der Waals surface area contributed by atoms with Gasteiger partial charge in [-0.25, -0.2) is 18.9 Å². The predicted octanol–water partition coefficient (Wildman–Crippen LogP) is 1.33. The summed E-state index contributed by atoms with van der Waals surface area (Å²) < 4.78 is 14.9. The Balaban J connectivity index is 2.61. The highest BCUT2D eigenvalue weighted by molar-refractivity contribution is 5.25. The number of aromatic nitrogens is 4. The van der Waals surface area contributed by atoms with Crippen molar-refractivity contribution in [3.05, 3.63) is 24.3 Å². The van der Waals surface area contributed by atoms with Crippen LogP contribution < -0.4 is 0 Å². The molecule has 68 valence electrons. The van der Waals surface area contributed by atoms with Crippen LogP contribution >= 0.6 is 0 Å². The van der Waals surface area contributed by atoms with Crippen LogP contribution in [0.1, 0.15) is 19.5 Å². The number of nitrogens with zero attached hydrogens (tertiary/aromatic N) is 4. The first-order chi connectivity index (χ1) is 6.07. The fraction of sp³-hybridized carbons (Fsp3) is 0.375. The van der Waals surface area contributed by atoms with Gasteiger partial charge in [-0.15, -0.1) is 0 Å². The number of halogens is 1. The Morgan fingerprint density at radius 1 is 1.38 bits per heavy atom. The zero-order valence-corrected chi connectivity index (χ0v) is 7.40. The topological polar surface area (TPSA) is 43.1 Å². The van der Waals surface area contributed by atoms with Crippen molar-refractivity contribution in [2.24, 2.45) is 0 Å². The second-order valence-corrected chi connectivity index (χ2v) is 3.29. The van der Waals surface area contributed by atoms with E-state index in [1.807, 2.05) is 0 Å². The minimum atomic E-state index is -1.47. The van der Waals surface area contributed by atoms with Gasteiger partial charge in [0.25, 0.3) is 5.78 Å². The quantitative estimate of drug-likeness (QED) is 0.664. The van der Waals surface area contributed by atoms with Gasteiger partial charge in [-0.05, 0) is 13.8 Å². The van der Waals surface area contributed by atoms with Crippen molar-refractivity contribution in [3.8, 4) is 0 Å². The Morgan fingerprint density at radius 2 is 2.15 bits per heavy atom. The highest BCUT2D eigenvalue weighted by Crippen LogP contribution is 2.20. The third-order valence-corrected chi connectivity index (χ3v) is 1.73. The molecule has 0 atom stereocenters. The highest BCUT2D eigenvalue weighted by Gasteiger charge is 2.21. The molecule has 2 aromatic rings. The first-order valence-electron chi connectivity index (χ1n) is 3.93. The molecule has 0 spiro atoms. The molecule has 4 nitrogen and oxygen atoms in total. The number of hydrogen-bond donors (Lipinski definition) is 0. The molecule has 0 N–H and O–H groups in total. The molecule has 0 radical (unpaired) electrons. The van der Waals surface area contributed by atoms with E-state index in [4.69, 9.17) is 0 Å². The van der Waals surface area contributed by atoms with Crippen molar-refractivity contribution >= 4 is 5.78 Å². The summed E-state index contributed by atoms with van der Waals surface area (Å²) in [6.45, 7) is 2.89. The molecule has 0 amide bonds. The molecular formula is C8H9FN4. The zero-order valence-electron chi connectivity index (χ0n) is 7.40. The lowest BCUT2D eigenvalue weighted by atomic mass is 10.1. The molecule has 0 saturated carbocycles. The zero-order chi connectivity index (χ0) is 9.47. The van der Waals surface area contributed by atoms with Crippen molar-refractivity contribution in [2.75, 3.05) is 0 Å². The molecule has 0 fully saturated rings. The summed E-state index contributed by atoms with van der Waals surface area (Å²) in [5.41, 5.74) is -1.16. The summed E-state index contributed by atoms with van der Waals surface area (Å²) in [5, 5.41) is 4.02. The molecule has 0 bridgehead atoms. The monoisotopic (exact) mass is 180 g/mol. The van der Waals surface area contributed by atoms with Crippen molar-refractivity contribution < 1.29 is 4.39 Å². The summed E-state index contributed by atoms with van der Waals surface area (Å²) in [4.78, 5) is 7.87. The van der Waals surface area contributed by atoms with Gasteiger partial charge in [-0.1, -0.05) is 0 Å². The molecule has 0 aliphatic carbocycles. The molecule has 0 aromatic carbocycles. The summed E-state index contributed by atoms with van der Waals surface area (Å²) >= 11 is 0. The van der Waals surface area contributed by atoms with Crippen molar-refractivity contribution in [1.82, 2.24) is 19.6 Å². The van der Waals surface area contributed by atoms with Crippen LogP contribution in [0.4, 0.5) is 4.39 Å². The number of fused-ring (bicyclic) bond motifs is 1. The molecule has 0 aliphatic rings. The van der Waals surface area contributed by atoms with E-state index < -0.39 is 5.67 Å². The van der Waals surface area contributed by atoms with Crippen LogP contribution in [0.2, 0.25) is 0 Å². The van der Waals surface area contributed by atoms with E-state index in [0.717, 1.165) is 0 Å². The lowest BCUT2D eigenvalue weighted by Gasteiger charge is -2.11. The second-order valence-electron chi connectivity index (χ2n) is 3.29.